The van der Waals surface area contributed by atoms with Crippen LogP contribution in [0.3, 0.4) is 0 Å². The molecule has 3 nitrogen and oxygen atoms in total. The van der Waals surface area contributed by atoms with Gasteiger partial charge in [-0.3, -0.25) is 4.90 Å². The van der Waals surface area contributed by atoms with E-state index in [0.717, 1.165) is 19.6 Å². The highest BCUT2D eigenvalue weighted by Crippen LogP contribution is 2.34. The van der Waals surface area contributed by atoms with Gasteiger partial charge in [-0.1, -0.05) is 6.92 Å². The number of rotatable bonds is 4. The van der Waals surface area contributed by atoms with Crippen molar-refractivity contribution in [3.63, 3.8) is 0 Å². The van der Waals surface area contributed by atoms with Gasteiger partial charge in [-0.2, -0.15) is 0 Å². The van der Waals surface area contributed by atoms with Gasteiger partial charge in [-0.25, -0.2) is 0 Å². The van der Waals surface area contributed by atoms with E-state index in [-0.39, 0.29) is 6.04 Å². The second kappa shape index (κ2) is 6.35. The van der Waals surface area contributed by atoms with E-state index >= 15 is 0 Å². The van der Waals surface area contributed by atoms with Crippen molar-refractivity contribution < 1.29 is 4.74 Å². The van der Waals surface area contributed by atoms with Crippen LogP contribution in [-0.4, -0.2) is 36.2 Å². The minimum Gasteiger partial charge on any atom is -0.376 e. The molecular formula is C15H26N2OS. The Balaban J connectivity index is 2.29. The average Bonchev–Trinajstić information content (AvgIpc) is 2.80. The van der Waals surface area contributed by atoms with Crippen LogP contribution >= 0.6 is 11.3 Å². The summed E-state index contributed by atoms with van der Waals surface area (Å²) in [5.41, 5.74) is 7.81. The highest BCUT2D eigenvalue weighted by Gasteiger charge is 2.34. The fraction of sp³-hybridized carbons (Fsp3) is 0.733. The van der Waals surface area contributed by atoms with Crippen LogP contribution in [0.1, 0.15) is 43.7 Å². The minimum absolute atomic E-state index is 0.185. The predicted octanol–water partition coefficient (Wildman–Crippen LogP) is 2.94. The third-order valence-corrected chi connectivity index (χ3v) is 5.15. The number of nitrogens with two attached hydrogens (primary N) is 1. The van der Waals surface area contributed by atoms with Crippen LogP contribution in [0, 0.1) is 6.92 Å². The number of aryl methyl sites for hydroxylation is 1. The molecule has 0 saturated carbocycles. The molecule has 2 rings (SSSR count). The first-order valence-corrected chi connectivity index (χ1v) is 8.09. The van der Waals surface area contributed by atoms with Crippen LogP contribution in [0.5, 0.6) is 0 Å². The first kappa shape index (κ1) is 15.0. The molecule has 1 fully saturated rings. The standard InChI is InChI=1S/C15H26N2OS/c1-5-13(16)14(15-10(2)6-7-19-15)17-8-12(4)18-9-11(17)3/h6-7,11-14H,5,8-9,16H2,1-4H3. The third kappa shape index (κ3) is 3.19. The maximum atomic E-state index is 6.44. The van der Waals surface area contributed by atoms with Gasteiger partial charge in [0.05, 0.1) is 18.8 Å². The Morgan fingerprint density at radius 3 is 2.84 bits per heavy atom. The summed E-state index contributed by atoms with van der Waals surface area (Å²) in [5.74, 6) is 0. The van der Waals surface area contributed by atoms with Crippen LogP contribution in [-0.2, 0) is 4.74 Å². The molecule has 4 atom stereocenters. The summed E-state index contributed by atoms with van der Waals surface area (Å²) < 4.78 is 5.75. The van der Waals surface area contributed by atoms with Crippen LogP contribution in [0.25, 0.3) is 0 Å². The summed E-state index contributed by atoms with van der Waals surface area (Å²) in [6.07, 6.45) is 1.29. The highest BCUT2D eigenvalue weighted by atomic mass is 32.1. The van der Waals surface area contributed by atoms with Crippen molar-refractivity contribution in [1.29, 1.82) is 0 Å². The van der Waals surface area contributed by atoms with Crippen LogP contribution in [0.2, 0.25) is 0 Å². The monoisotopic (exact) mass is 282 g/mol. The van der Waals surface area contributed by atoms with Crippen molar-refractivity contribution in [3.8, 4) is 0 Å². The lowest BCUT2D eigenvalue weighted by atomic mass is 9.98. The van der Waals surface area contributed by atoms with E-state index in [1.807, 2.05) is 11.3 Å². The number of nitrogens with zero attached hydrogens (tertiary/aromatic N) is 1. The number of ether oxygens (including phenoxy) is 1. The Morgan fingerprint density at radius 1 is 1.53 bits per heavy atom. The normalized spacial score (nSPS) is 28.3. The second-order valence-electron chi connectivity index (χ2n) is 5.67. The SMILES string of the molecule is CCC(N)C(c1sccc1C)N1CC(C)OCC1C. The summed E-state index contributed by atoms with van der Waals surface area (Å²) in [6, 6.07) is 3.14. The van der Waals surface area contributed by atoms with Gasteiger partial charge in [0, 0.05) is 23.5 Å². The molecule has 0 aliphatic carbocycles. The summed E-state index contributed by atoms with van der Waals surface area (Å²) in [7, 11) is 0. The lowest BCUT2D eigenvalue weighted by molar-refractivity contribution is -0.0702. The van der Waals surface area contributed by atoms with Gasteiger partial charge < -0.3 is 10.5 Å². The van der Waals surface area contributed by atoms with Gasteiger partial charge in [0.1, 0.15) is 0 Å². The largest absolute Gasteiger partial charge is 0.376 e. The molecule has 4 unspecified atom stereocenters. The van der Waals surface area contributed by atoms with Crippen molar-refractivity contribution in [2.45, 2.75) is 58.3 Å². The zero-order chi connectivity index (χ0) is 14.0. The Labute approximate surface area is 120 Å². The summed E-state index contributed by atoms with van der Waals surface area (Å²) >= 11 is 1.84. The van der Waals surface area contributed by atoms with Gasteiger partial charge >= 0.3 is 0 Å². The zero-order valence-corrected chi connectivity index (χ0v) is 13.2. The maximum Gasteiger partial charge on any atom is 0.0675 e. The molecule has 108 valence electrons. The van der Waals surface area contributed by atoms with Crippen molar-refractivity contribution >= 4 is 11.3 Å². The fourth-order valence-corrected chi connectivity index (χ4v) is 3.94. The molecule has 2 N–H and O–H groups in total. The molecule has 0 spiro atoms. The van der Waals surface area contributed by atoms with E-state index < -0.39 is 0 Å². The molecule has 19 heavy (non-hydrogen) atoms. The Morgan fingerprint density at radius 2 is 2.26 bits per heavy atom. The molecular weight excluding hydrogens is 256 g/mol. The third-order valence-electron chi connectivity index (χ3n) is 4.06. The van der Waals surface area contributed by atoms with Crippen molar-refractivity contribution in [2.24, 2.45) is 5.73 Å². The first-order chi connectivity index (χ1) is 9.04. The summed E-state index contributed by atoms with van der Waals surface area (Å²) in [4.78, 5) is 3.97. The molecule has 0 radical (unpaired) electrons. The van der Waals surface area contributed by atoms with Crippen LogP contribution in [0.15, 0.2) is 11.4 Å². The van der Waals surface area contributed by atoms with Crippen molar-refractivity contribution in [2.75, 3.05) is 13.2 Å². The zero-order valence-electron chi connectivity index (χ0n) is 12.4. The predicted molar refractivity (Wildman–Crippen MR) is 81.6 cm³/mol. The van der Waals surface area contributed by atoms with E-state index in [2.05, 4.69) is 44.0 Å². The quantitative estimate of drug-likeness (QED) is 0.923. The molecule has 1 aromatic rings. The van der Waals surface area contributed by atoms with Gasteiger partial charge in [-0.05, 0) is 44.2 Å². The Kier molecular flexibility index (Phi) is 5.01. The molecule has 1 aliphatic rings. The fourth-order valence-electron chi connectivity index (χ4n) is 2.82. The topological polar surface area (TPSA) is 38.5 Å². The Hall–Kier alpha value is -0.420. The van der Waals surface area contributed by atoms with E-state index in [0.29, 0.717) is 18.2 Å². The van der Waals surface area contributed by atoms with Crippen molar-refractivity contribution in [3.05, 3.63) is 21.9 Å². The van der Waals surface area contributed by atoms with Gasteiger partial charge in [-0.15, -0.1) is 11.3 Å². The van der Waals surface area contributed by atoms with Gasteiger partial charge in [0.2, 0.25) is 0 Å². The van der Waals surface area contributed by atoms with Gasteiger partial charge in [0.25, 0.3) is 0 Å². The smallest absolute Gasteiger partial charge is 0.0675 e. The summed E-state index contributed by atoms with van der Waals surface area (Å²) in [5, 5.41) is 2.18. The maximum absolute atomic E-state index is 6.44. The summed E-state index contributed by atoms with van der Waals surface area (Å²) in [6.45, 7) is 10.5. The van der Waals surface area contributed by atoms with Gasteiger partial charge in [0.15, 0.2) is 0 Å². The van der Waals surface area contributed by atoms with Crippen LogP contribution in [0.4, 0.5) is 0 Å². The molecule has 1 aliphatic heterocycles. The van der Waals surface area contributed by atoms with E-state index in [9.17, 15) is 0 Å². The highest BCUT2D eigenvalue weighted by molar-refractivity contribution is 7.10. The number of thiophene rings is 1. The molecule has 0 aromatic carbocycles. The van der Waals surface area contributed by atoms with E-state index in [4.69, 9.17) is 10.5 Å². The second-order valence-corrected chi connectivity index (χ2v) is 6.62. The Bertz CT molecular complexity index is 407. The molecule has 2 heterocycles. The number of hydrogen-bond donors (Lipinski definition) is 1. The molecule has 4 heteroatoms. The van der Waals surface area contributed by atoms with E-state index in [1.54, 1.807) is 0 Å². The first-order valence-electron chi connectivity index (χ1n) is 7.21. The van der Waals surface area contributed by atoms with E-state index in [1.165, 1.54) is 10.4 Å². The number of morpholine rings is 1. The molecule has 1 aromatic heterocycles. The molecule has 0 amide bonds. The lowest BCUT2D eigenvalue weighted by Gasteiger charge is -2.44. The minimum atomic E-state index is 0.185. The molecule has 0 bridgehead atoms. The lowest BCUT2D eigenvalue weighted by Crippen LogP contribution is -2.53. The molecule has 1 saturated heterocycles. The number of hydrogen-bond acceptors (Lipinski definition) is 4. The van der Waals surface area contributed by atoms with Crippen molar-refractivity contribution in [1.82, 2.24) is 4.90 Å². The average molecular weight is 282 g/mol. The van der Waals surface area contributed by atoms with Crippen LogP contribution < -0.4 is 5.73 Å².